The maximum Gasteiger partial charge on any atom is 0.258 e. The molecule has 2 heterocycles. The van der Waals surface area contributed by atoms with Gasteiger partial charge in [0.2, 0.25) is 5.95 Å². The summed E-state index contributed by atoms with van der Waals surface area (Å²) in [5, 5.41) is 14.8. The number of hydrogen-bond acceptors (Lipinski definition) is 5. The number of imidazole rings is 1. The van der Waals surface area contributed by atoms with Crippen LogP contribution < -0.4 is 10.9 Å². The van der Waals surface area contributed by atoms with Crippen molar-refractivity contribution in [3.05, 3.63) is 68.1 Å². The van der Waals surface area contributed by atoms with E-state index in [0.29, 0.717) is 45.7 Å². The Morgan fingerprint density at radius 2 is 1.97 bits per heavy atom. The SMILES string of the molecule is CCN(CC=Cc1[nH]c(=O)c2c(ccc3nc(Nc4c(Cl)cccc4Cl)n(C)c32)c1C)CCO. The number of aliphatic hydroxyl groups is 1. The highest BCUT2D eigenvalue weighted by molar-refractivity contribution is 6.39. The van der Waals surface area contributed by atoms with Gasteiger partial charge in [-0.1, -0.05) is 48.3 Å². The van der Waals surface area contributed by atoms with Crippen molar-refractivity contribution in [1.29, 1.82) is 0 Å². The van der Waals surface area contributed by atoms with E-state index in [-0.39, 0.29) is 12.2 Å². The molecule has 0 aliphatic carbocycles. The molecule has 0 radical (unpaired) electrons. The summed E-state index contributed by atoms with van der Waals surface area (Å²) in [6, 6.07) is 9.12. The maximum atomic E-state index is 13.2. The number of aliphatic hydroxyl groups excluding tert-OH is 1. The van der Waals surface area contributed by atoms with Crippen molar-refractivity contribution in [2.45, 2.75) is 13.8 Å². The van der Waals surface area contributed by atoms with E-state index in [9.17, 15) is 4.79 Å². The zero-order valence-corrected chi connectivity index (χ0v) is 20.8. The van der Waals surface area contributed by atoms with Gasteiger partial charge in [-0.25, -0.2) is 4.98 Å². The standard InChI is InChI=1S/C25H27Cl2N5O2/c1-4-32(13-14-33)12-6-9-19-15(2)16-10-11-20-23(21(16)24(34)28-19)31(3)25(29-20)30-22-17(26)7-5-8-18(22)27/h5-11,33H,4,12-14H2,1-3H3,(H,28,34)(H,29,30). The van der Waals surface area contributed by atoms with Crippen LogP contribution in [0.5, 0.6) is 0 Å². The predicted octanol–water partition coefficient (Wildman–Crippen LogP) is 5.10. The topological polar surface area (TPSA) is 86.2 Å². The highest BCUT2D eigenvalue weighted by Gasteiger charge is 2.17. The molecular weight excluding hydrogens is 473 g/mol. The van der Waals surface area contributed by atoms with Crippen molar-refractivity contribution in [3.8, 4) is 0 Å². The minimum absolute atomic E-state index is 0.119. The number of nitrogens with one attached hydrogen (secondary N) is 2. The molecule has 34 heavy (non-hydrogen) atoms. The van der Waals surface area contributed by atoms with E-state index < -0.39 is 0 Å². The highest BCUT2D eigenvalue weighted by Crippen LogP contribution is 2.34. The number of hydrogen-bond donors (Lipinski definition) is 3. The van der Waals surface area contributed by atoms with Crippen molar-refractivity contribution >= 4 is 62.7 Å². The van der Waals surface area contributed by atoms with Crippen LogP contribution in [0, 0.1) is 6.92 Å². The lowest BCUT2D eigenvalue weighted by atomic mass is 10.0. The van der Waals surface area contributed by atoms with Crippen LogP contribution in [0.4, 0.5) is 11.6 Å². The van der Waals surface area contributed by atoms with Gasteiger partial charge in [-0.2, -0.15) is 0 Å². The molecule has 4 aromatic rings. The van der Waals surface area contributed by atoms with E-state index in [1.54, 1.807) is 18.2 Å². The molecule has 3 N–H and O–H groups in total. The summed E-state index contributed by atoms with van der Waals surface area (Å²) in [7, 11) is 1.85. The molecule has 0 saturated heterocycles. The summed E-state index contributed by atoms with van der Waals surface area (Å²) in [6.07, 6.45) is 3.93. The quantitative estimate of drug-likeness (QED) is 0.314. The highest BCUT2D eigenvalue weighted by atomic mass is 35.5. The third-order valence-electron chi connectivity index (χ3n) is 6.03. The molecule has 0 aliphatic rings. The van der Waals surface area contributed by atoms with Crippen LogP contribution in [0.25, 0.3) is 27.9 Å². The van der Waals surface area contributed by atoms with Gasteiger partial charge in [0.15, 0.2) is 0 Å². The third kappa shape index (κ3) is 4.57. The van der Waals surface area contributed by atoms with Gasteiger partial charge in [0.1, 0.15) is 0 Å². The molecule has 0 saturated carbocycles. The van der Waals surface area contributed by atoms with E-state index in [1.165, 1.54) is 0 Å². The van der Waals surface area contributed by atoms with Gasteiger partial charge in [0.25, 0.3) is 5.56 Å². The summed E-state index contributed by atoms with van der Waals surface area (Å²) in [5.41, 5.74) is 3.54. The molecule has 0 spiro atoms. The fraction of sp³-hybridized carbons (Fsp3) is 0.280. The molecule has 178 valence electrons. The van der Waals surface area contributed by atoms with Gasteiger partial charge in [-0.3, -0.25) is 9.69 Å². The number of fused-ring (bicyclic) bond motifs is 3. The average molecular weight is 500 g/mol. The predicted molar refractivity (Wildman–Crippen MR) is 142 cm³/mol. The number of rotatable bonds is 8. The van der Waals surface area contributed by atoms with Gasteiger partial charge < -0.3 is 20.0 Å². The summed E-state index contributed by atoms with van der Waals surface area (Å²) in [5.74, 6) is 0.530. The lowest BCUT2D eigenvalue weighted by Gasteiger charge is -2.16. The molecule has 0 aliphatic heterocycles. The Labute approximate surface area is 207 Å². The minimum Gasteiger partial charge on any atom is -0.395 e. The average Bonchev–Trinajstić information content (AvgIpc) is 3.13. The first-order chi connectivity index (χ1) is 16.3. The van der Waals surface area contributed by atoms with Crippen molar-refractivity contribution < 1.29 is 5.11 Å². The summed E-state index contributed by atoms with van der Waals surface area (Å²) < 4.78 is 1.84. The molecule has 0 fully saturated rings. The zero-order chi connectivity index (χ0) is 24.4. The summed E-state index contributed by atoms with van der Waals surface area (Å²) in [4.78, 5) is 23.0. The first-order valence-corrected chi connectivity index (χ1v) is 11.8. The van der Waals surface area contributed by atoms with Gasteiger partial charge >= 0.3 is 0 Å². The number of H-pyrrole nitrogens is 1. The van der Waals surface area contributed by atoms with Gasteiger partial charge in [0.05, 0.1) is 38.8 Å². The number of aromatic nitrogens is 3. The molecule has 0 unspecified atom stereocenters. The molecule has 9 heteroatoms. The van der Waals surface area contributed by atoms with Crippen LogP contribution in [0.15, 0.2) is 41.2 Å². The second-order valence-electron chi connectivity index (χ2n) is 8.08. The normalized spacial score (nSPS) is 12.0. The van der Waals surface area contributed by atoms with Crippen molar-refractivity contribution in [3.63, 3.8) is 0 Å². The number of likely N-dealkylation sites (N-methyl/N-ethyl adjacent to an activating group) is 1. The molecule has 0 bridgehead atoms. The fourth-order valence-corrected chi connectivity index (χ4v) is 4.61. The smallest absolute Gasteiger partial charge is 0.258 e. The Bertz CT molecular complexity index is 1420. The second kappa shape index (κ2) is 10.2. The Kier molecular flexibility index (Phi) is 7.28. The van der Waals surface area contributed by atoms with Crippen LogP contribution in [0.1, 0.15) is 18.2 Å². The molecule has 2 aromatic carbocycles. The van der Waals surface area contributed by atoms with E-state index >= 15 is 0 Å². The van der Waals surface area contributed by atoms with Crippen molar-refractivity contribution in [2.75, 3.05) is 31.6 Å². The number of nitrogens with zero attached hydrogens (tertiary/aromatic N) is 3. The second-order valence-corrected chi connectivity index (χ2v) is 8.90. The number of aromatic amines is 1. The zero-order valence-electron chi connectivity index (χ0n) is 19.3. The van der Waals surface area contributed by atoms with E-state index in [1.807, 2.05) is 42.8 Å². The molecule has 2 aromatic heterocycles. The molecule has 4 rings (SSSR count). The monoisotopic (exact) mass is 499 g/mol. The number of pyridine rings is 1. The minimum atomic E-state index is -0.182. The summed E-state index contributed by atoms with van der Waals surface area (Å²) in [6.45, 7) is 6.31. The Morgan fingerprint density at radius 1 is 1.24 bits per heavy atom. The number of aryl methyl sites for hydroxylation is 2. The van der Waals surface area contributed by atoms with Crippen LogP contribution in [-0.4, -0.2) is 50.8 Å². The van der Waals surface area contributed by atoms with Gasteiger partial charge in [-0.15, -0.1) is 0 Å². The fourth-order valence-electron chi connectivity index (χ4n) is 4.12. The Hall–Kier alpha value is -2.84. The lowest BCUT2D eigenvalue weighted by Crippen LogP contribution is -2.26. The number of halogens is 2. The van der Waals surface area contributed by atoms with Crippen molar-refractivity contribution in [1.82, 2.24) is 19.4 Å². The van der Waals surface area contributed by atoms with Crippen molar-refractivity contribution in [2.24, 2.45) is 7.05 Å². The molecular formula is C25H27Cl2N5O2. The summed E-state index contributed by atoms with van der Waals surface area (Å²) >= 11 is 12.6. The first kappa shape index (κ1) is 24.3. The molecule has 0 amide bonds. The van der Waals surface area contributed by atoms with E-state index in [4.69, 9.17) is 28.3 Å². The van der Waals surface area contributed by atoms with Crippen LogP contribution in [0.2, 0.25) is 10.0 Å². The van der Waals surface area contributed by atoms with Crippen LogP contribution in [0.3, 0.4) is 0 Å². The number of benzene rings is 2. The van der Waals surface area contributed by atoms with Gasteiger partial charge in [-0.05, 0) is 48.7 Å². The molecule has 0 atom stereocenters. The number of anilines is 2. The van der Waals surface area contributed by atoms with Gasteiger partial charge in [0, 0.05) is 25.8 Å². The van der Waals surface area contributed by atoms with Crippen LogP contribution >= 0.6 is 23.2 Å². The number of para-hydroxylation sites is 1. The van der Waals surface area contributed by atoms with Crippen LogP contribution in [-0.2, 0) is 7.05 Å². The Morgan fingerprint density at radius 3 is 2.65 bits per heavy atom. The van der Waals surface area contributed by atoms with E-state index in [0.717, 1.165) is 28.7 Å². The maximum absolute atomic E-state index is 13.2. The molecule has 7 nitrogen and oxygen atoms in total. The lowest BCUT2D eigenvalue weighted by molar-refractivity contribution is 0.214. The largest absolute Gasteiger partial charge is 0.395 e. The Balaban J connectivity index is 1.77. The van der Waals surface area contributed by atoms with E-state index in [2.05, 4.69) is 27.1 Å². The first-order valence-electron chi connectivity index (χ1n) is 11.1. The third-order valence-corrected chi connectivity index (χ3v) is 6.66.